The molecular formula is C21H27FO2S. The smallest absolute Gasteiger partial charge is 0.123 e. The second-order valence-electron chi connectivity index (χ2n) is 7.26. The van der Waals surface area contributed by atoms with Gasteiger partial charge in [0.1, 0.15) is 5.82 Å². The lowest BCUT2D eigenvalue weighted by molar-refractivity contribution is 0.0398. The summed E-state index contributed by atoms with van der Waals surface area (Å²) in [4.78, 5) is 0. The van der Waals surface area contributed by atoms with E-state index in [1.165, 1.54) is 23.3 Å². The molecule has 136 valence electrons. The summed E-state index contributed by atoms with van der Waals surface area (Å²) in [6.45, 7) is 7.29. The van der Waals surface area contributed by atoms with Gasteiger partial charge in [0.25, 0.3) is 0 Å². The first kappa shape index (κ1) is 20.0. The molecule has 0 aliphatic heterocycles. The average Bonchev–Trinajstić information content (AvgIpc) is 2.56. The molecule has 0 amide bonds. The third-order valence-corrected chi connectivity index (χ3v) is 5.05. The number of aliphatic hydroxyl groups excluding tert-OH is 1. The van der Waals surface area contributed by atoms with E-state index in [4.69, 9.17) is 4.74 Å². The van der Waals surface area contributed by atoms with Crippen LogP contribution in [0.1, 0.15) is 37.5 Å². The Balaban J connectivity index is 1.64. The Morgan fingerprint density at radius 3 is 2.20 bits per heavy atom. The van der Waals surface area contributed by atoms with Gasteiger partial charge >= 0.3 is 0 Å². The quantitative estimate of drug-likeness (QED) is 0.722. The van der Waals surface area contributed by atoms with Crippen LogP contribution in [0.2, 0.25) is 0 Å². The predicted molar refractivity (Wildman–Crippen MR) is 103 cm³/mol. The molecule has 1 N–H and O–H groups in total. The maximum atomic E-state index is 12.8. The van der Waals surface area contributed by atoms with Gasteiger partial charge in [0.2, 0.25) is 0 Å². The largest absolute Gasteiger partial charge is 0.390 e. The van der Waals surface area contributed by atoms with Crippen LogP contribution in [0.5, 0.6) is 0 Å². The minimum absolute atomic E-state index is 0.170. The molecular weight excluding hydrogens is 335 g/mol. The molecule has 1 unspecified atom stereocenters. The SMILES string of the molecule is CC(C)(C)c1ccc(CSCC(O)COCc2ccc(F)cc2)cc1. The van der Waals surface area contributed by atoms with Gasteiger partial charge in [-0.15, -0.1) is 0 Å². The van der Waals surface area contributed by atoms with E-state index in [0.717, 1.165) is 11.3 Å². The summed E-state index contributed by atoms with van der Waals surface area (Å²) in [7, 11) is 0. The van der Waals surface area contributed by atoms with E-state index in [1.54, 1.807) is 23.9 Å². The van der Waals surface area contributed by atoms with Gasteiger partial charge < -0.3 is 9.84 Å². The Morgan fingerprint density at radius 1 is 1.00 bits per heavy atom. The van der Waals surface area contributed by atoms with Crippen LogP contribution >= 0.6 is 11.8 Å². The van der Waals surface area contributed by atoms with Crippen LogP contribution in [-0.4, -0.2) is 23.6 Å². The highest BCUT2D eigenvalue weighted by Gasteiger charge is 2.13. The molecule has 0 aliphatic carbocycles. The number of hydrogen-bond donors (Lipinski definition) is 1. The van der Waals surface area contributed by atoms with Crippen LogP contribution in [0.15, 0.2) is 48.5 Å². The Bertz CT molecular complexity index is 632. The summed E-state index contributed by atoms with van der Waals surface area (Å²) in [5, 5.41) is 9.99. The zero-order chi connectivity index (χ0) is 18.3. The molecule has 0 spiro atoms. The summed E-state index contributed by atoms with van der Waals surface area (Å²) < 4.78 is 18.3. The van der Waals surface area contributed by atoms with Crippen molar-refractivity contribution < 1.29 is 14.2 Å². The van der Waals surface area contributed by atoms with E-state index >= 15 is 0 Å². The van der Waals surface area contributed by atoms with Crippen LogP contribution in [0.3, 0.4) is 0 Å². The van der Waals surface area contributed by atoms with E-state index < -0.39 is 6.10 Å². The lowest BCUT2D eigenvalue weighted by Crippen LogP contribution is -2.18. The van der Waals surface area contributed by atoms with Gasteiger partial charge in [0, 0.05) is 11.5 Å². The fourth-order valence-electron chi connectivity index (χ4n) is 2.36. The lowest BCUT2D eigenvalue weighted by atomic mass is 9.87. The first-order valence-corrected chi connectivity index (χ1v) is 9.67. The van der Waals surface area contributed by atoms with Gasteiger partial charge in [-0.05, 0) is 34.2 Å². The first-order chi connectivity index (χ1) is 11.8. The Morgan fingerprint density at radius 2 is 1.60 bits per heavy atom. The Hall–Kier alpha value is -1.36. The zero-order valence-corrected chi connectivity index (χ0v) is 16.0. The summed E-state index contributed by atoms with van der Waals surface area (Å²) in [5.41, 5.74) is 3.66. The molecule has 2 aromatic carbocycles. The highest BCUT2D eigenvalue weighted by atomic mass is 32.2. The molecule has 0 saturated heterocycles. The van der Waals surface area contributed by atoms with Gasteiger partial charge in [-0.25, -0.2) is 4.39 Å². The van der Waals surface area contributed by atoms with Crippen molar-refractivity contribution >= 4 is 11.8 Å². The minimum Gasteiger partial charge on any atom is -0.390 e. The summed E-state index contributed by atoms with van der Waals surface area (Å²) >= 11 is 1.70. The van der Waals surface area contributed by atoms with E-state index in [2.05, 4.69) is 45.0 Å². The summed E-state index contributed by atoms with van der Waals surface area (Å²) in [6.07, 6.45) is -0.501. The normalized spacial score (nSPS) is 13.0. The Labute approximate surface area is 154 Å². The molecule has 0 radical (unpaired) electrons. The number of halogens is 1. The topological polar surface area (TPSA) is 29.5 Å². The fraction of sp³-hybridized carbons (Fsp3) is 0.429. The van der Waals surface area contributed by atoms with Gasteiger partial charge in [-0.3, -0.25) is 0 Å². The highest BCUT2D eigenvalue weighted by molar-refractivity contribution is 7.98. The molecule has 4 heteroatoms. The lowest BCUT2D eigenvalue weighted by Gasteiger charge is -2.19. The van der Waals surface area contributed by atoms with Crippen LogP contribution in [0, 0.1) is 5.82 Å². The first-order valence-electron chi connectivity index (χ1n) is 8.52. The fourth-order valence-corrected chi connectivity index (χ4v) is 3.27. The molecule has 0 aliphatic rings. The molecule has 0 bridgehead atoms. The van der Waals surface area contributed by atoms with E-state index in [-0.39, 0.29) is 17.8 Å². The van der Waals surface area contributed by atoms with Gasteiger partial charge in [-0.1, -0.05) is 57.2 Å². The van der Waals surface area contributed by atoms with Gasteiger partial charge in [0.15, 0.2) is 0 Å². The van der Waals surface area contributed by atoms with Crippen molar-refractivity contribution in [3.05, 3.63) is 71.0 Å². The number of hydrogen-bond acceptors (Lipinski definition) is 3. The second kappa shape index (κ2) is 9.37. The van der Waals surface area contributed by atoms with Crippen molar-refractivity contribution in [3.63, 3.8) is 0 Å². The van der Waals surface area contributed by atoms with Crippen LogP contribution in [0.4, 0.5) is 4.39 Å². The zero-order valence-electron chi connectivity index (χ0n) is 15.2. The molecule has 1 atom stereocenters. The number of aliphatic hydroxyl groups is 1. The third-order valence-electron chi connectivity index (χ3n) is 3.89. The van der Waals surface area contributed by atoms with Crippen molar-refractivity contribution in [2.24, 2.45) is 0 Å². The van der Waals surface area contributed by atoms with E-state index in [9.17, 15) is 9.50 Å². The van der Waals surface area contributed by atoms with Gasteiger partial charge in [-0.2, -0.15) is 11.8 Å². The number of rotatable bonds is 8. The van der Waals surface area contributed by atoms with Crippen LogP contribution < -0.4 is 0 Å². The maximum absolute atomic E-state index is 12.8. The molecule has 0 heterocycles. The molecule has 2 nitrogen and oxygen atoms in total. The number of ether oxygens (including phenoxy) is 1. The summed E-state index contributed by atoms with van der Waals surface area (Å²) in [6, 6.07) is 14.9. The van der Waals surface area contributed by atoms with Gasteiger partial charge in [0.05, 0.1) is 19.3 Å². The predicted octanol–water partition coefficient (Wildman–Crippen LogP) is 4.93. The molecule has 0 saturated carbocycles. The molecule has 2 rings (SSSR count). The van der Waals surface area contributed by atoms with Crippen molar-refractivity contribution in [1.82, 2.24) is 0 Å². The molecule has 25 heavy (non-hydrogen) atoms. The van der Waals surface area contributed by atoms with Crippen molar-refractivity contribution in [3.8, 4) is 0 Å². The van der Waals surface area contributed by atoms with Crippen molar-refractivity contribution in [2.45, 2.75) is 44.6 Å². The molecule has 0 fully saturated rings. The second-order valence-corrected chi connectivity index (χ2v) is 8.29. The molecule has 2 aromatic rings. The number of thioether (sulfide) groups is 1. The average molecular weight is 363 g/mol. The van der Waals surface area contributed by atoms with E-state index in [0.29, 0.717) is 12.4 Å². The van der Waals surface area contributed by atoms with E-state index in [1.807, 2.05) is 0 Å². The maximum Gasteiger partial charge on any atom is 0.123 e. The van der Waals surface area contributed by atoms with Crippen molar-refractivity contribution in [1.29, 1.82) is 0 Å². The standard InChI is InChI=1S/C21H27FO2S/c1-21(2,3)18-8-4-17(5-9-18)14-25-15-20(23)13-24-12-16-6-10-19(22)11-7-16/h4-11,20,23H,12-15H2,1-3H3. The monoisotopic (exact) mass is 362 g/mol. The highest BCUT2D eigenvalue weighted by Crippen LogP contribution is 2.23. The third kappa shape index (κ3) is 7.18. The van der Waals surface area contributed by atoms with Crippen molar-refractivity contribution in [2.75, 3.05) is 12.4 Å². The Kier molecular flexibility index (Phi) is 7.48. The number of benzene rings is 2. The van der Waals surface area contributed by atoms with Crippen LogP contribution in [-0.2, 0) is 22.5 Å². The molecule has 0 aromatic heterocycles. The minimum atomic E-state index is -0.501. The summed E-state index contributed by atoms with van der Waals surface area (Å²) in [5.74, 6) is 1.25. The van der Waals surface area contributed by atoms with Crippen LogP contribution in [0.25, 0.3) is 0 Å².